The SMILES string of the molecule is COc1cc2nn(C3CCC(C#N)CC3)cc2cc1NC(=O)c1cccc(C)[n+]1[O-]. The van der Waals surface area contributed by atoms with Gasteiger partial charge in [0.15, 0.2) is 5.69 Å². The van der Waals surface area contributed by atoms with E-state index in [4.69, 9.17) is 10.00 Å². The Morgan fingerprint density at radius 1 is 1.33 bits per heavy atom. The summed E-state index contributed by atoms with van der Waals surface area (Å²) in [5.74, 6) is 0.103. The molecule has 154 valence electrons. The summed E-state index contributed by atoms with van der Waals surface area (Å²) < 4.78 is 8.00. The van der Waals surface area contributed by atoms with Gasteiger partial charge in [-0.2, -0.15) is 15.1 Å². The molecule has 2 heterocycles. The van der Waals surface area contributed by atoms with Crippen LogP contribution >= 0.6 is 0 Å². The summed E-state index contributed by atoms with van der Waals surface area (Å²) in [5.41, 5.74) is 1.70. The van der Waals surface area contributed by atoms with E-state index in [2.05, 4.69) is 16.5 Å². The molecule has 0 spiro atoms. The Labute approximate surface area is 174 Å². The van der Waals surface area contributed by atoms with E-state index in [9.17, 15) is 10.0 Å². The maximum Gasteiger partial charge on any atom is 0.321 e. The largest absolute Gasteiger partial charge is 0.618 e. The normalized spacial score (nSPS) is 18.7. The van der Waals surface area contributed by atoms with Crippen LogP contribution in [0.5, 0.6) is 5.75 Å². The van der Waals surface area contributed by atoms with Crippen molar-refractivity contribution < 1.29 is 14.3 Å². The monoisotopic (exact) mass is 405 g/mol. The summed E-state index contributed by atoms with van der Waals surface area (Å²) in [6.07, 6.45) is 5.57. The zero-order valence-corrected chi connectivity index (χ0v) is 17.0. The van der Waals surface area contributed by atoms with Crippen LogP contribution in [-0.2, 0) is 0 Å². The van der Waals surface area contributed by atoms with Crippen molar-refractivity contribution in [1.82, 2.24) is 9.78 Å². The highest BCUT2D eigenvalue weighted by atomic mass is 16.5. The molecule has 2 aromatic heterocycles. The summed E-state index contributed by atoms with van der Waals surface area (Å²) in [6, 6.07) is 11.0. The van der Waals surface area contributed by atoms with E-state index in [1.807, 2.05) is 10.9 Å². The van der Waals surface area contributed by atoms with Crippen LogP contribution in [0, 0.1) is 29.4 Å². The summed E-state index contributed by atoms with van der Waals surface area (Å²) in [7, 11) is 1.53. The lowest BCUT2D eigenvalue weighted by Crippen LogP contribution is -2.39. The van der Waals surface area contributed by atoms with E-state index >= 15 is 0 Å². The first-order valence-electron chi connectivity index (χ1n) is 9.97. The minimum Gasteiger partial charge on any atom is -0.618 e. The molecule has 1 N–H and O–H groups in total. The highest BCUT2D eigenvalue weighted by Gasteiger charge is 2.24. The number of pyridine rings is 1. The zero-order valence-electron chi connectivity index (χ0n) is 17.0. The van der Waals surface area contributed by atoms with Crippen molar-refractivity contribution in [2.75, 3.05) is 12.4 Å². The third kappa shape index (κ3) is 3.66. The molecule has 0 radical (unpaired) electrons. The second-order valence-corrected chi connectivity index (χ2v) is 7.66. The number of nitrogens with zero attached hydrogens (tertiary/aromatic N) is 4. The first-order valence-corrected chi connectivity index (χ1v) is 9.97. The number of carbonyl (C=O) groups is 1. The van der Waals surface area contributed by atoms with Crippen LogP contribution in [0.25, 0.3) is 10.9 Å². The van der Waals surface area contributed by atoms with Gasteiger partial charge in [-0.3, -0.25) is 9.48 Å². The van der Waals surface area contributed by atoms with Gasteiger partial charge in [-0.25, -0.2) is 0 Å². The minimum absolute atomic E-state index is 0.0158. The smallest absolute Gasteiger partial charge is 0.321 e. The van der Waals surface area contributed by atoms with Gasteiger partial charge in [-0.15, -0.1) is 0 Å². The number of nitrogens with one attached hydrogen (secondary N) is 1. The summed E-state index contributed by atoms with van der Waals surface area (Å²) in [5, 5.41) is 29.6. The molecule has 0 unspecified atom stereocenters. The lowest BCUT2D eigenvalue weighted by molar-refractivity contribution is -0.614. The molecule has 1 saturated carbocycles. The average molecular weight is 405 g/mol. The number of aryl methyl sites for hydroxylation is 1. The maximum atomic E-state index is 12.7. The van der Waals surface area contributed by atoms with Crippen molar-refractivity contribution in [1.29, 1.82) is 5.26 Å². The van der Waals surface area contributed by atoms with E-state index in [1.165, 1.54) is 13.2 Å². The van der Waals surface area contributed by atoms with Crippen molar-refractivity contribution in [3.8, 4) is 11.8 Å². The van der Waals surface area contributed by atoms with Crippen LogP contribution in [-0.4, -0.2) is 22.8 Å². The number of methoxy groups -OCH3 is 1. The molecule has 3 aromatic rings. The van der Waals surface area contributed by atoms with Gasteiger partial charge in [0.05, 0.1) is 30.4 Å². The maximum absolute atomic E-state index is 12.7. The highest BCUT2D eigenvalue weighted by Crippen LogP contribution is 2.34. The van der Waals surface area contributed by atoms with E-state index in [0.29, 0.717) is 21.9 Å². The minimum atomic E-state index is -0.506. The number of hydrogen-bond acceptors (Lipinski definition) is 5. The number of amides is 1. The lowest BCUT2D eigenvalue weighted by atomic mass is 9.87. The number of aromatic nitrogens is 3. The predicted octanol–water partition coefficient (Wildman–Crippen LogP) is 3.49. The average Bonchev–Trinajstić information content (AvgIpc) is 3.18. The highest BCUT2D eigenvalue weighted by molar-refractivity contribution is 6.04. The lowest BCUT2D eigenvalue weighted by Gasteiger charge is -2.24. The van der Waals surface area contributed by atoms with Crippen LogP contribution in [0.2, 0.25) is 0 Å². The number of rotatable bonds is 4. The molecule has 1 aromatic carbocycles. The van der Waals surface area contributed by atoms with E-state index < -0.39 is 5.91 Å². The molecular formula is C22H23N5O3. The van der Waals surface area contributed by atoms with Gasteiger partial charge in [-0.05, 0) is 37.8 Å². The molecule has 1 aliphatic rings. The van der Waals surface area contributed by atoms with Gasteiger partial charge >= 0.3 is 5.91 Å². The number of fused-ring (bicyclic) bond motifs is 1. The van der Waals surface area contributed by atoms with E-state index in [-0.39, 0.29) is 17.7 Å². The third-order valence-electron chi connectivity index (χ3n) is 5.71. The van der Waals surface area contributed by atoms with Crippen molar-refractivity contribution in [3.05, 3.63) is 53.1 Å². The van der Waals surface area contributed by atoms with Gasteiger partial charge < -0.3 is 15.3 Å². The Hall–Kier alpha value is -3.60. The second kappa shape index (κ2) is 8.03. The van der Waals surface area contributed by atoms with Gasteiger partial charge in [0, 0.05) is 42.6 Å². The molecule has 8 nitrogen and oxygen atoms in total. The van der Waals surface area contributed by atoms with Crippen molar-refractivity contribution in [3.63, 3.8) is 0 Å². The Kier molecular flexibility index (Phi) is 5.27. The van der Waals surface area contributed by atoms with Crippen molar-refractivity contribution in [2.24, 2.45) is 5.92 Å². The van der Waals surface area contributed by atoms with Crippen LogP contribution in [0.4, 0.5) is 5.69 Å². The van der Waals surface area contributed by atoms with Gasteiger partial charge in [0.2, 0.25) is 0 Å². The molecule has 1 amide bonds. The molecule has 1 fully saturated rings. The summed E-state index contributed by atoms with van der Waals surface area (Å²) in [6.45, 7) is 1.65. The number of carbonyl (C=O) groups excluding carboxylic acids is 1. The fourth-order valence-corrected chi connectivity index (χ4v) is 3.95. The molecule has 30 heavy (non-hydrogen) atoms. The Morgan fingerprint density at radius 3 is 2.80 bits per heavy atom. The molecule has 0 aliphatic heterocycles. The van der Waals surface area contributed by atoms with Crippen LogP contribution in [0.1, 0.15) is 47.9 Å². The quantitative estimate of drug-likeness (QED) is 0.528. The second-order valence-electron chi connectivity index (χ2n) is 7.66. The first kappa shape index (κ1) is 19.7. The van der Waals surface area contributed by atoms with E-state index in [1.54, 1.807) is 31.2 Å². The number of anilines is 1. The zero-order chi connectivity index (χ0) is 21.3. The molecule has 0 bridgehead atoms. The molecule has 0 saturated heterocycles. The number of hydrogen-bond donors (Lipinski definition) is 1. The third-order valence-corrected chi connectivity index (χ3v) is 5.71. The Balaban J connectivity index is 1.61. The number of benzene rings is 1. The molecule has 8 heteroatoms. The fourth-order valence-electron chi connectivity index (χ4n) is 3.95. The summed E-state index contributed by atoms with van der Waals surface area (Å²) >= 11 is 0. The van der Waals surface area contributed by atoms with Crippen molar-refractivity contribution in [2.45, 2.75) is 38.6 Å². The number of nitriles is 1. The molecule has 0 atom stereocenters. The Bertz CT molecular complexity index is 1140. The predicted molar refractivity (Wildman–Crippen MR) is 111 cm³/mol. The number of ether oxygens (including phenoxy) is 1. The Morgan fingerprint density at radius 2 is 2.10 bits per heavy atom. The van der Waals surface area contributed by atoms with E-state index in [0.717, 1.165) is 36.6 Å². The van der Waals surface area contributed by atoms with Crippen molar-refractivity contribution >= 4 is 22.5 Å². The standard InChI is InChI=1S/C22H23N5O3/c1-14-4-3-5-20(27(14)29)22(28)24-19-10-16-13-26(25-18(16)11-21(19)30-2)17-8-6-15(12-23)7-9-17/h3-5,10-11,13,15,17H,6-9H2,1-2H3,(H,24,28). The fraction of sp³-hybridized carbons (Fsp3) is 0.364. The van der Waals surface area contributed by atoms with Gasteiger partial charge in [-0.1, -0.05) is 0 Å². The molecule has 4 rings (SSSR count). The van der Waals surface area contributed by atoms with Crippen LogP contribution in [0.15, 0.2) is 36.5 Å². The summed E-state index contributed by atoms with van der Waals surface area (Å²) in [4.78, 5) is 12.7. The van der Waals surface area contributed by atoms with Crippen LogP contribution < -0.4 is 14.8 Å². The van der Waals surface area contributed by atoms with Crippen LogP contribution in [0.3, 0.4) is 0 Å². The first-order chi connectivity index (χ1) is 14.5. The molecule has 1 aliphatic carbocycles. The molecular weight excluding hydrogens is 382 g/mol. The topological polar surface area (TPSA) is 107 Å². The van der Waals surface area contributed by atoms with Gasteiger partial charge in [0.25, 0.3) is 5.69 Å². The van der Waals surface area contributed by atoms with Gasteiger partial charge in [0.1, 0.15) is 5.75 Å².